The van der Waals surface area contributed by atoms with Crippen molar-refractivity contribution in [3.05, 3.63) is 40.3 Å². The zero-order valence-corrected chi connectivity index (χ0v) is 14.2. The molecule has 116 valence electrons. The van der Waals surface area contributed by atoms with Crippen LogP contribution in [0.25, 0.3) is 6.08 Å². The van der Waals surface area contributed by atoms with Crippen LogP contribution >= 0.6 is 24.0 Å². The van der Waals surface area contributed by atoms with Gasteiger partial charge in [-0.3, -0.25) is 9.69 Å². The monoisotopic (exact) mass is 335 g/mol. The fourth-order valence-corrected chi connectivity index (χ4v) is 3.62. The third-order valence-corrected chi connectivity index (χ3v) is 4.79. The molecule has 2 rings (SSSR count). The molecule has 0 aromatic heterocycles. The van der Waals surface area contributed by atoms with E-state index in [0.717, 1.165) is 22.9 Å². The topological polar surface area (TPSA) is 57.6 Å². The predicted octanol–water partition coefficient (Wildman–Crippen LogP) is 3.31. The van der Waals surface area contributed by atoms with Crippen LogP contribution in [0.5, 0.6) is 0 Å². The number of nitrogens with zero attached hydrogens (tertiary/aromatic N) is 1. The molecule has 1 aromatic carbocycles. The van der Waals surface area contributed by atoms with E-state index in [4.69, 9.17) is 12.2 Å². The van der Waals surface area contributed by atoms with Gasteiger partial charge in [-0.05, 0) is 30.0 Å². The van der Waals surface area contributed by atoms with Crippen molar-refractivity contribution >= 4 is 46.3 Å². The molecule has 1 saturated heterocycles. The molecule has 1 aliphatic heterocycles. The first-order valence-electron chi connectivity index (χ1n) is 6.88. The van der Waals surface area contributed by atoms with Crippen molar-refractivity contribution in [2.75, 3.05) is 0 Å². The normalized spacial score (nSPS) is 18.4. The number of carboxylic acid groups (broad SMARTS) is 1. The Morgan fingerprint density at radius 2 is 2.00 bits per heavy atom. The van der Waals surface area contributed by atoms with Gasteiger partial charge in [-0.2, -0.15) is 0 Å². The molecule has 1 N–H and O–H groups in total. The number of amides is 1. The molecule has 6 heteroatoms. The number of rotatable bonds is 4. The van der Waals surface area contributed by atoms with Crippen LogP contribution in [0.15, 0.2) is 29.2 Å². The van der Waals surface area contributed by atoms with E-state index in [-0.39, 0.29) is 11.8 Å². The number of thioether (sulfide) groups is 1. The molecule has 0 saturated carbocycles. The van der Waals surface area contributed by atoms with Crippen molar-refractivity contribution in [1.29, 1.82) is 0 Å². The lowest BCUT2D eigenvalue weighted by Crippen LogP contribution is -2.47. The summed E-state index contributed by atoms with van der Waals surface area (Å²) in [6.45, 7) is 5.49. The maximum atomic E-state index is 12.6. The highest BCUT2D eigenvalue weighted by Crippen LogP contribution is 2.35. The number of hydrogen-bond donors (Lipinski definition) is 1. The Morgan fingerprint density at radius 1 is 1.36 bits per heavy atom. The van der Waals surface area contributed by atoms with Gasteiger partial charge in [0, 0.05) is 0 Å². The lowest BCUT2D eigenvalue weighted by molar-refractivity contribution is -0.146. The zero-order chi connectivity index (χ0) is 16.4. The maximum Gasteiger partial charge on any atom is 0.327 e. The van der Waals surface area contributed by atoms with Crippen LogP contribution in [0.2, 0.25) is 0 Å². The number of benzene rings is 1. The molecule has 0 bridgehead atoms. The van der Waals surface area contributed by atoms with Crippen LogP contribution in [0.4, 0.5) is 0 Å². The van der Waals surface area contributed by atoms with E-state index in [1.54, 1.807) is 19.9 Å². The van der Waals surface area contributed by atoms with Gasteiger partial charge in [-0.15, -0.1) is 0 Å². The third-order valence-electron chi connectivity index (χ3n) is 3.46. The molecule has 1 amide bonds. The van der Waals surface area contributed by atoms with Gasteiger partial charge in [0.2, 0.25) is 0 Å². The van der Waals surface area contributed by atoms with Gasteiger partial charge in [-0.25, -0.2) is 4.79 Å². The van der Waals surface area contributed by atoms with E-state index in [2.05, 4.69) is 0 Å². The summed E-state index contributed by atoms with van der Waals surface area (Å²) in [4.78, 5) is 25.7. The van der Waals surface area contributed by atoms with Crippen LogP contribution in [0.1, 0.15) is 25.0 Å². The second kappa shape index (κ2) is 6.62. The van der Waals surface area contributed by atoms with Gasteiger partial charge in [0.05, 0.1) is 4.91 Å². The lowest BCUT2D eigenvalue weighted by Gasteiger charge is -2.26. The third kappa shape index (κ3) is 3.23. The summed E-state index contributed by atoms with van der Waals surface area (Å²) in [6, 6.07) is 6.76. The molecule has 1 heterocycles. The van der Waals surface area contributed by atoms with E-state index in [1.807, 2.05) is 31.2 Å². The molecule has 1 fully saturated rings. The van der Waals surface area contributed by atoms with Gasteiger partial charge in [-0.1, -0.05) is 62.1 Å². The molecule has 0 spiro atoms. The zero-order valence-electron chi connectivity index (χ0n) is 12.6. The molecule has 1 aliphatic rings. The van der Waals surface area contributed by atoms with Crippen LogP contribution in [0, 0.1) is 12.8 Å². The van der Waals surface area contributed by atoms with E-state index in [0.29, 0.717) is 9.23 Å². The Bertz CT molecular complexity index is 667. The molecule has 0 aliphatic carbocycles. The smallest absolute Gasteiger partial charge is 0.327 e. The Labute approximate surface area is 139 Å². The average Bonchev–Trinajstić information content (AvgIpc) is 2.69. The van der Waals surface area contributed by atoms with Crippen molar-refractivity contribution in [2.45, 2.75) is 26.8 Å². The summed E-state index contributed by atoms with van der Waals surface area (Å²) < 4.78 is 0.297. The minimum atomic E-state index is -1.04. The Balaban J connectivity index is 2.37. The highest BCUT2D eigenvalue weighted by Gasteiger charge is 2.41. The number of hydrogen-bond acceptors (Lipinski definition) is 4. The SMILES string of the molecule is Cc1ccccc1/C=C1/SC(=S)N([C@@H](C(=O)O)C(C)C)C1=O. The van der Waals surface area contributed by atoms with Crippen molar-refractivity contribution in [3.63, 3.8) is 0 Å². The first-order valence-corrected chi connectivity index (χ1v) is 8.11. The predicted molar refractivity (Wildman–Crippen MR) is 92.5 cm³/mol. The Hall–Kier alpha value is -1.66. The summed E-state index contributed by atoms with van der Waals surface area (Å²) in [5, 5.41) is 9.38. The van der Waals surface area contributed by atoms with Crippen LogP contribution in [-0.4, -0.2) is 32.2 Å². The van der Waals surface area contributed by atoms with Crippen molar-refractivity contribution in [1.82, 2.24) is 4.90 Å². The molecular formula is C16H17NO3S2. The molecule has 1 aromatic rings. The van der Waals surface area contributed by atoms with Crippen molar-refractivity contribution in [2.24, 2.45) is 5.92 Å². The Morgan fingerprint density at radius 3 is 2.55 bits per heavy atom. The van der Waals surface area contributed by atoms with Gasteiger partial charge in [0.25, 0.3) is 5.91 Å². The molecule has 0 radical (unpaired) electrons. The fraction of sp³-hybridized carbons (Fsp3) is 0.312. The standard InChI is InChI=1S/C16H17NO3S2/c1-9(2)13(15(19)20)17-14(18)12(22-16(17)21)8-11-7-5-4-6-10(11)3/h4-9,13H,1-3H3,(H,19,20)/b12-8+/t13-/m1/s1. The van der Waals surface area contributed by atoms with Crippen LogP contribution < -0.4 is 0 Å². The molecule has 1 atom stereocenters. The average molecular weight is 335 g/mol. The number of carbonyl (C=O) groups excluding carboxylic acids is 1. The largest absolute Gasteiger partial charge is 0.480 e. The second-order valence-electron chi connectivity index (χ2n) is 5.44. The highest BCUT2D eigenvalue weighted by atomic mass is 32.2. The molecule has 22 heavy (non-hydrogen) atoms. The number of aliphatic carboxylic acids is 1. The molecule has 0 unspecified atom stereocenters. The number of carboxylic acids is 1. The summed E-state index contributed by atoms with van der Waals surface area (Å²) in [7, 11) is 0. The summed E-state index contributed by atoms with van der Waals surface area (Å²) in [6.07, 6.45) is 1.77. The van der Waals surface area contributed by atoms with Crippen molar-refractivity contribution < 1.29 is 14.7 Å². The summed E-state index contributed by atoms with van der Waals surface area (Å²) in [5.41, 5.74) is 1.98. The molecule has 4 nitrogen and oxygen atoms in total. The number of thiocarbonyl (C=S) groups is 1. The van der Waals surface area contributed by atoms with E-state index in [1.165, 1.54) is 4.90 Å². The molecular weight excluding hydrogens is 318 g/mol. The summed E-state index contributed by atoms with van der Waals surface area (Å²) in [5.74, 6) is -1.60. The van der Waals surface area contributed by atoms with Crippen molar-refractivity contribution in [3.8, 4) is 0 Å². The second-order valence-corrected chi connectivity index (χ2v) is 7.11. The minimum absolute atomic E-state index is 0.224. The maximum absolute atomic E-state index is 12.6. The minimum Gasteiger partial charge on any atom is -0.480 e. The first-order chi connectivity index (χ1) is 10.3. The highest BCUT2D eigenvalue weighted by molar-refractivity contribution is 8.26. The van der Waals surface area contributed by atoms with Gasteiger partial charge in [0.15, 0.2) is 0 Å². The van der Waals surface area contributed by atoms with E-state index >= 15 is 0 Å². The Kier molecular flexibility index (Phi) is 5.03. The van der Waals surface area contributed by atoms with Gasteiger partial charge in [0.1, 0.15) is 10.4 Å². The van der Waals surface area contributed by atoms with E-state index in [9.17, 15) is 14.7 Å². The summed E-state index contributed by atoms with van der Waals surface area (Å²) >= 11 is 6.38. The van der Waals surface area contributed by atoms with E-state index < -0.39 is 12.0 Å². The van der Waals surface area contributed by atoms with Gasteiger partial charge >= 0.3 is 5.97 Å². The van der Waals surface area contributed by atoms with Gasteiger partial charge < -0.3 is 5.11 Å². The quantitative estimate of drug-likeness (QED) is 0.676. The number of carbonyl (C=O) groups is 2. The number of aryl methyl sites for hydroxylation is 1. The fourth-order valence-electron chi connectivity index (χ4n) is 2.30. The van der Waals surface area contributed by atoms with Crippen LogP contribution in [-0.2, 0) is 9.59 Å². The van der Waals surface area contributed by atoms with Crippen LogP contribution in [0.3, 0.4) is 0 Å². The first kappa shape index (κ1) is 16.7. The lowest BCUT2D eigenvalue weighted by atomic mass is 10.0.